The summed E-state index contributed by atoms with van der Waals surface area (Å²) in [5.41, 5.74) is 3.40. The minimum atomic E-state index is -0.432. The lowest BCUT2D eigenvalue weighted by molar-refractivity contribution is 0.0521. The summed E-state index contributed by atoms with van der Waals surface area (Å²) in [5.74, 6) is 0.438. The number of ether oxygens (including phenoxy) is 2. The molecule has 0 saturated heterocycles. The summed E-state index contributed by atoms with van der Waals surface area (Å²) >= 11 is 0. The molecule has 7 heteroatoms. The van der Waals surface area contributed by atoms with Gasteiger partial charge in [0.15, 0.2) is 0 Å². The number of nitrogens with zero attached hydrogens (tertiary/aromatic N) is 3. The van der Waals surface area contributed by atoms with Crippen molar-refractivity contribution >= 4 is 23.2 Å². The maximum absolute atomic E-state index is 13.3. The van der Waals surface area contributed by atoms with Crippen LogP contribution in [-0.4, -0.2) is 52.8 Å². The third-order valence-electron chi connectivity index (χ3n) is 6.02. The van der Waals surface area contributed by atoms with Gasteiger partial charge in [0.05, 0.1) is 17.9 Å². The Morgan fingerprint density at radius 1 is 1.17 bits per heavy atom. The normalized spacial score (nSPS) is 13.3. The van der Waals surface area contributed by atoms with Gasteiger partial charge in [-0.3, -0.25) is 4.98 Å². The number of benzene rings is 1. The van der Waals surface area contributed by atoms with Gasteiger partial charge in [-0.05, 0) is 51.2 Å². The van der Waals surface area contributed by atoms with Crippen LogP contribution >= 0.6 is 0 Å². The van der Waals surface area contributed by atoms with Crippen LogP contribution in [0.2, 0.25) is 0 Å². The Morgan fingerprint density at radius 2 is 1.94 bits per heavy atom. The van der Waals surface area contributed by atoms with E-state index in [1.54, 1.807) is 19.3 Å². The van der Waals surface area contributed by atoms with Crippen LogP contribution in [0.1, 0.15) is 35.0 Å². The molecular weight excluding hydrogens is 442 g/mol. The number of pyridine rings is 1. The van der Waals surface area contributed by atoms with Crippen molar-refractivity contribution in [1.29, 1.82) is 0 Å². The van der Waals surface area contributed by atoms with Gasteiger partial charge in [0.25, 0.3) is 0 Å². The SMILES string of the molecule is CCOC(=O)c1c(COc2ccccc2)n(C)c2c1=C(CN(C)C)C(O)=C(c1cccnc1)CC=2. The van der Waals surface area contributed by atoms with Crippen LogP contribution < -0.4 is 15.3 Å². The largest absolute Gasteiger partial charge is 0.507 e. The maximum Gasteiger partial charge on any atom is 0.340 e. The predicted molar refractivity (Wildman–Crippen MR) is 136 cm³/mol. The van der Waals surface area contributed by atoms with Gasteiger partial charge < -0.3 is 24.0 Å². The summed E-state index contributed by atoms with van der Waals surface area (Å²) < 4.78 is 13.5. The lowest BCUT2D eigenvalue weighted by atomic mass is 9.99. The molecule has 3 aromatic rings. The molecule has 4 rings (SSSR count). The van der Waals surface area contributed by atoms with Crippen molar-refractivity contribution in [3.05, 3.63) is 88.0 Å². The molecule has 0 saturated carbocycles. The molecule has 35 heavy (non-hydrogen) atoms. The molecule has 0 aliphatic heterocycles. The summed E-state index contributed by atoms with van der Waals surface area (Å²) in [6, 6.07) is 13.3. The number of hydrogen-bond donors (Lipinski definition) is 1. The molecule has 1 aromatic carbocycles. The van der Waals surface area contributed by atoms with Crippen LogP contribution in [0.25, 0.3) is 17.2 Å². The Hall–Kier alpha value is -3.84. The molecule has 2 heterocycles. The molecule has 0 bridgehead atoms. The second-order valence-corrected chi connectivity index (χ2v) is 8.66. The summed E-state index contributed by atoms with van der Waals surface area (Å²) in [4.78, 5) is 19.5. The van der Waals surface area contributed by atoms with Crippen LogP contribution in [0.4, 0.5) is 0 Å². The van der Waals surface area contributed by atoms with E-state index >= 15 is 0 Å². The molecule has 7 nitrogen and oxygen atoms in total. The second-order valence-electron chi connectivity index (χ2n) is 8.66. The van der Waals surface area contributed by atoms with Gasteiger partial charge in [0.2, 0.25) is 0 Å². The number of rotatable bonds is 8. The fraction of sp³-hybridized carbons (Fsp3) is 0.286. The van der Waals surface area contributed by atoms with Gasteiger partial charge in [-0.15, -0.1) is 0 Å². The number of aromatic nitrogens is 2. The van der Waals surface area contributed by atoms with Crippen molar-refractivity contribution in [3.8, 4) is 5.75 Å². The van der Waals surface area contributed by atoms with E-state index in [0.29, 0.717) is 40.8 Å². The number of para-hydroxylation sites is 1. The highest BCUT2D eigenvalue weighted by Crippen LogP contribution is 2.27. The maximum atomic E-state index is 13.3. The highest BCUT2D eigenvalue weighted by Gasteiger charge is 2.27. The van der Waals surface area contributed by atoms with E-state index in [1.165, 1.54) is 0 Å². The zero-order valence-electron chi connectivity index (χ0n) is 20.6. The van der Waals surface area contributed by atoms with Crippen LogP contribution in [-0.2, 0) is 18.4 Å². The van der Waals surface area contributed by atoms with E-state index in [1.807, 2.05) is 79.2 Å². The van der Waals surface area contributed by atoms with Gasteiger partial charge in [-0.2, -0.15) is 0 Å². The lowest BCUT2D eigenvalue weighted by Gasteiger charge is -2.16. The Labute approximate surface area is 205 Å². The number of aliphatic hydroxyl groups is 1. The van der Waals surface area contributed by atoms with Crippen molar-refractivity contribution in [2.45, 2.75) is 20.0 Å². The first-order valence-electron chi connectivity index (χ1n) is 11.7. The fourth-order valence-electron chi connectivity index (χ4n) is 4.42. The van der Waals surface area contributed by atoms with Crippen molar-refractivity contribution in [2.24, 2.45) is 7.05 Å². The molecule has 0 atom stereocenters. The number of hydrogen-bond acceptors (Lipinski definition) is 6. The van der Waals surface area contributed by atoms with Crippen molar-refractivity contribution in [3.63, 3.8) is 0 Å². The van der Waals surface area contributed by atoms with Gasteiger partial charge >= 0.3 is 5.97 Å². The average molecular weight is 474 g/mol. The molecule has 182 valence electrons. The van der Waals surface area contributed by atoms with E-state index in [-0.39, 0.29) is 19.0 Å². The van der Waals surface area contributed by atoms with Gasteiger partial charge in [-0.25, -0.2) is 4.79 Å². The predicted octanol–water partition coefficient (Wildman–Crippen LogP) is 3.04. The smallest absolute Gasteiger partial charge is 0.340 e. The number of fused-ring (bicyclic) bond motifs is 1. The first kappa shape index (κ1) is 24.3. The zero-order valence-corrected chi connectivity index (χ0v) is 20.6. The van der Waals surface area contributed by atoms with Crippen molar-refractivity contribution in [2.75, 3.05) is 27.2 Å². The third-order valence-corrected chi connectivity index (χ3v) is 6.02. The molecule has 0 amide bonds. The first-order chi connectivity index (χ1) is 16.9. The highest BCUT2D eigenvalue weighted by molar-refractivity contribution is 5.94. The van der Waals surface area contributed by atoms with Gasteiger partial charge in [0, 0.05) is 47.7 Å². The zero-order chi connectivity index (χ0) is 24.9. The average Bonchev–Trinajstić information content (AvgIpc) is 3.05. The number of esters is 1. The van der Waals surface area contributed by atoms with E-state index in [2.05, 4.69) is 4.98 Å². The summed E-state index contributed by atoms with van der Waals surface area (Å²) in [6.07, 6.45) is 5.98. The topological polar surface area (TPSA) is 76.8 Å². The molecule has 0 spiro atoms. The number of carbonyl (C=O) groups is 1. The van der Waals surface area contributed by atoms with Crippen molar-refractivity contribution < 1.29 is 19.4 Å². The van der Waals surface area contributed by atoms with Crippen LogP contribution in [0.15, 0.2) is 60.6 Å². The Balaban J connectivity index is 1.98. The molecule has 1 aliphatic rings. The standard InChI is InChI=1S/C28H31N3O4/c1-5-34-28(33)26-24(18-35-20-11-7-6-8-12-20)31(4)23-14-13-21(19-10-9-15-29-16-19)27(32)22(25(23)26)17-30(2)3/h6-12,14-16,32H,5,13,17-18H2,1-4H3. The minimum absolute atomic E-state index is 0.161. The van der Waals surface area contributed by atoms with E-state index < -0.39 is 5.97 Å². The summed E-state index contributed by atoms with van der Waals surface area (Å²) in [5, 5.41) is 13.1. The fourth-order valence-corrected chi connectivity index (χ4v) is 4.42. The molecule has 1 N–H and O–H groups in total. The lowest BCUT2D eigenvalue weighted by Crippen LogP contribution is -2.35. The number of carbonyl (C=O) groups excluding carboxylic acids is 1. The summed E-state index contributed by atoms with van der Waals surface area (Å²) in [7, 11) is 5.79. The van der Waals surface area contributed by atoms with Gasteiger partial charge in [-0.1, -0.05) is 30.3 Å². The monoisotopic (exact) mass is 473 g/mol. The molecule has 1 aliphatic carbocycles. The second kappa shape index (κ2) is 10.6. The van der Waals surface area contributed by atoms with Crippen LogP contribution in [0, 0.1) is 0 Å². The Morgan fingerprint density at radius 3 is 2.60 bits per heavy atom. The number of aliphatic hydroxyl groups excluding tert-OH is 1. The quantitative estimate of drug-likeness (QED) is 0.507. The third kappa shape index (κ3) is 5.00. The van der Waals surface area contributed by atoms with E-state index in [4.69, 9.17) is 9.47 Å². The van der Waals surface area contributed by atoms with Crippen molar-refractivity contribution in [1.82, 2.24) is 14.5 Å². The molecule has 2 aromatic heterocycles. The number of allylic oxidation sites excluding steroid dienone is 1. The molecule has 0 fully saturated rings. The first-order valence-corrected chi connectivity index (χ1v) is 11.7. The van der Waals surface area contributed by atoms with Crippen LogP contribution in [0.3, 0.4) is 0 Å². The van der Waals surface area contributed by atoms with Gasteiger partial charge in [0.1, 0.15) is 18.1 Å². The molecule has 0 radical (unpaired) electrons. The molecule has 0 unspecified atom stereocenters. The minimum Gasteiger partial charge on any atom is -0.507 e. The van der Waals surface area contributed by atoms with E-state index in [0.717, 1.165) is 16.5 Å². The highest BCUT2D eigenvalue weighted by atomic mass is 16.5. The summed E-state index contributed by atoms with van der Waals surface area (Å²) in [6.45, 7) is 2.65. The van der Waals surface area contributed by atoms with E-state index in [9.17, 15) is 9.90 Å². The Bertz CT molecular complexity index is 1360. The molecular formula is C28H31N3O4. The van der Waals surface area contributed by atoms with Crippen LogP contribution in [0.5, 0.6) is 5.75 Å². The Kier molecular flexibility index (Phi) is 7.36.